The topological polar surface area (TPSA) is 77.9 Å². The van der Waals surface area contributed by atoms with Gasteiger partial charge in [-0.2, -0.15) is 0 Å². The van der Waals surface area contributed by atoms with Gasteiger partial charge >= 0.3 is 6.09 Å². The first-order valence-corrected chi connectivity index (χ1v) is 12.4. The van der Waals surface area contributed by atoms with E-state index in [9.17, 15) is 4.79 Å². The number of thiazole rings is 1. The van der Waals surface area contributed by atoms with Gasteiger partial charge in [0.2, 0.25) is 0 Å². The minimum Gasteiger partial charge on any atom is -0.465 e. The molecule has 0 aliphatic carbocycles. The third kappa shape index (κ3) is 5.13. The first-order chi connectivity index (χ1) is 16.0. The third-order valence-corrected chi connectivity index (χ3v) is 7.66. The predicted octanol–water partition coefficient (Wildman–Crippen LogP) is 4.34. The molecule has 2 unspecified atom stereocenters. The number of likely N-dealkylation sites (tertiary alicyclic amines) is 1. The Bertz CT molecular complexity index is 1080. The maximum absolute atomic E-state index is 11.0. The van der Waals surface area contributed by atoms with Crippen LogP contribution in [0.15, 0.2) is 48.5 Å². The Morgan fingerprint density at radius 1 is 1.15 bits per heavy atom. The zero-order valence-electron chi connectivity index (χ0n) is 18.8. The van der Waals surface area contributed by atoms with Crippen molar-refractivity contribution in [1.29, 1.82) is 0 Å². The van der Waals surface area contributed by atoms with Crippen LogP contribution in [-0.4, -0.2) is 66.5 Å². The van der Waals surface area contributed by atoms with Crippen molar-refractivity contribution in [2.75, 3.05) is 38.1 Å². The highest BCUT2D eigenvalue weighted by Gasteiger charge is 2.28. The van der Waals surface area contributed by atoms with Gasteiger partial charge in [0.05, 0.1) is 22.4 Å². The van der Waals surface area contributed by atoms with E-state index in [1.54, 1.807) is 11.3 Å². The number of fused-ring (bicyclic) bond motifs is 1. The third-order valence-electron chi connectivity index (χ3n) is 6.58. The molecule has 2 saturated heterocycles. The van der Waals surface area contributed by atoms with Crippen LogP contribution in [0.2, 0.25) is 0 Å². The molecule has 0 spiro atoms. The minimum absolute atomic E-state index is 0.0401. The molecule has 174 valence electrons. The molecular weight excluding hydrogens is 436 g/mol. The van der Waals surface area contributed by atoms with Gasteiger partial charge in [-0.15, -0.1) is 11.3 Å². The summed E-state index contributed by atoms with van der Waals surface area (Å²) in [7, 11) is 2.16. The summed E-state index contributed by atoms with van der Waals surface area (Å²) in [5.41, 5.74) is 3.20. The van der Waals surface area contributed by atoms with Gasteiger partial charge in [0.1, 0.15) is 11.1 Å². The molecule has 3 heterocycles. The normalized spacial score (nSPS) is 20.9. The van der Waals surface area contributed by atoms with Crippen molar-refractivity contribution in [3.63, 3.8) is 0 Å². The molecule has 1 amide bonds. The second-order valence-corrected chi connectivity index (χ2v) is 10.1. The number of amides is 1. The molecule has 2 aliphatic heterocycles. The average Bonchev–Trinajstić information content (AvgIpc) is 3.45. The first kappa shape index (κ1) is 22.1. The summed E-state index contributed by atoms with van der Waals surface area (Å²) in [6.45, 7) is 3.60. The molecule has 5 rings (SSSR count). The molecule has 3 aromatic rings. The number of carbonyl (C=O) groups is 1. The van der Waals surface area contributed by atoms with Crippen molar-refractivity contribution < 1.29 is 14.6 Å². The standard InChI is InChI=1S/C25H30N4O3S/c1-28-12-10-20(11-13-28)32-23(24-27-21-7-2-3-8-22(21)33-24)17-5-4-6-19(15-17)29-14-9-18(16-29)26-25(30)31/h2-8,15,18,20,23,26H,9-14,16H2,1H3,(H,30,31). The fourth-order valence-corrected chi connectivity index (χ4v) is 5.80. The Kier molecular flexibility index (Phi) is 6.48. The summed E-state index contributed by atoms with van der Waals surface area (Å²) in [6.07, 6.45) is 1.88. The van der Waals surface area contributed by atoms with Crippen molar-refractivity contribution in [3.8, 4) is 0 Å². The van der Waals surface area contributed by atoms with Crippen LogP contribution in [0, 0.1) is 0 Å². The molecule has 2 fully saturated rings. The SMILES string of the molecule is CN1CCC(OC(c2cccc(N3CCC(NC(=O)O)C3)c2)c2nc3ccccc3s2)CC1. The van der Waals surface area contributed by atoms with E-state index in [-0.39, 0.29) is 18.2 Å². The second-order valence-electron chi connectivity index (χ2n) is 9.01. The van der Waals surface area contributed by atoms with Crippen LogP contribution >= 0.6 is 11.3 Å². The lowest BCUT2D eigenvalue weighted by atomic mass is 10.1. The maximum atomic E-state index is 11.0. The van der Waals surface area contributed by atoms with Gasteiger partial charge < -0.3 is 25.0 Å². The highest BCUT2D eigenvalue weighted by molar-refractivity contribution is 7.18. The van der Waals surface area contributed by atoms with Crippen LogP contribution in [0.25, 0.3) is 10.2 Å². The van der Waals surface area contributed by atoms with Crippen molar-refractivity contribution >= 4 is 33.3 Å². The van der Waals surface area contributed by atoms with Crippen LogP contribution in [0.5, 0.6) is 0 Å². The van der Waals surface area contributed by atoms with Crippen LogP contribution < -0.4 is 10.2 Å². The largest absolute Gasteiger partial charge is 0.465 e. The van der Waals surface area contributed by atoms with Crippen molar-refractivity contribution in [3.05, 3.63) is 59.1 Å². The molecular formula is C25H30N4O3S. The fraction of sp³-hybridized carbons (Fsp3) is 0.440. The highest BCUT2D eigenvalue weighted by atomic mass is 32.1. The highest BCUT2D eigenvalue weighted by Crippen LogP contribution is 2.36. The smallest absolute Gasteiger partial charge is 0.404 e. The van der Waals surface area contributed by atoms with E-state index in [1.165, 1.54) is 4.70 Å². The molecule has 0 saturated carbocycles. The summed E-state index contributed by atoms with van der Waals surface area (Å²) in [6, 6.07) is 16.7. The van der Waals surface area contributed by atoms with Gasteiger partial charge in [0, 0.05) is 31.9 Å². The molecule has 0 radical (unpaired) electrons. The van der Waals surface area contributed by atoms with E-state index in [4.69, 9.17) is 14.8 Å². The Labute approximate surface area is 198 Å². The van der Waals surface area contributed by atoms with Crippen LogP contribution in [0.3, 0.4) is 0 Å². The van der Waals surface area contributed by atoms with Gasteiger partial charge in [-0.25, -0.2) is 9.78 Å². The fourth-order valence-electron chi connectivity index (χ4n) is 4.77. The van der Waals surface area contributed by atoms with Gasteiger partial charge in [0.15, 0.2) is 0 Å². The number of carboxylic acid groups (broad SMARTS) is 1. The molecule has 8 heteroatoms. The molecule has 2 atom stereocenters. The molecule has 7 nitrogen and oxygen atoms in total. The molecule has 2 N–H and O–H groups in total. The van der Waals surface area contributed by atoms with Gasteiger partial charge in [-0.05, 0) is 56.1 Å². The summed E-state index contributed by atoms with van der Waals surface area (Å²) < 4.78 is 7.91. The first-order valence-electron chi connectivity index (χ1n) is 11.6. The van der Waals surface area contributed by atoms with Gasteiger partial charge in [0.25, 0.3) is 0 Å². The van der Waals surface area contributed by atoms with E-state index < -0.39 is 6.09 Å². The Morgan fingerprint density at radius 2 is 1.97 bits per heavy atom. The Balaban J connectivity index is 1.42. The monoisotopic (exact) mass is 466 g/mol. The molecule has 1 aromatic heterocycles. The number of hydrogen-bond donors (Lipinski definition) is 2. The number of para-hydroxylation sites is 1. The molecule has 33 heavy (non-hydrogen) atoms. The van der Waals surface area contributed by atoms with E-state index in [0.29, 0.717) is 6.54 Å². The Hall–Kier alpha value is -2.68. The summed E-state index contributed by atoms with van der Waals surface area (Å²) in [4.78, 5) is 20.6. The number of hydrogen-bond acceptors (Lipinski definition) is 6. The van der Waals surface area contributed by atoms with E-state index in [0.717, 1.165) is 60.7 Å². The van der Waals surface area contributed by atoms with E-state index in [2.05, 4.69) is 58.6 Å². The second kappa shape index (κ2) is 9.67. The maximum Gasteiger partial charge on any atom is 0.404 e. The number of ether oxygens (including phenoxy) is 1. The minimum atomic E-state index is -0.960. The number of piperidine rings is 1. The number of nitrogens with zero attached hydrogens (tertiary/aromatic N) is 3. The van der Waals surface area contributed by atoms with Gasteiger partial charge in [-0.1, -0.05) is 24.3 Å². The number of benzene rings is 2. The number of aromatic nitrogens is 1. The molecule has 0 bridgehead atoms. The lowest BCUT2D eigenvalue weighted by Gasteiger charge is -2.31. The predicted molar refractivity (Wildman–Crippen MR) is 131 cm³/mol. The summed E-state index contributed by atoms with van der Waals surface area (Å²) >= 11 is 1.70. The quantitative estimate of drug-likeness (QED) is 0.563. The van der Waals surface area contributed by atoms with Crippen LogP contribution in [-0.2, 0) is 4.74 Å². The van der Waals surface area contributed by atoms with Crippen molar-refractivity contribution in [1.82, 2.24) is 15.2 Å². The van der Waals surface area contributed by atoms with Crippen LogP contribution in [0.4, 0.5) is 10.5 Å². The van der Waals surface area contributed by atoms with E-state index >= 15 is 0 Å². The average molecular weight is 467 g/mol. The Morgan fingerprint density at radius 3 is 2.76 bits per heavy atom. The van der Waals surface area contributed by atoms with E-state index in [1.807, 2.05) is 12.1 Å². The molecule has 2 aromatic carbocycles. The molecule has 2 aliphatic rings. The number of nitrogens with one attached hydrogen (secondary N) is 1. The van der Waals surface area contributed by atoms with Crippen molar-refractivity contribution in [2.24, 2.45) is 0 Å². The lowest BCUT2D eigenvalue weighted by molar-refractivity contribution is -0.0234. The summed E-state index contributed by atoms with van der Waals surface area (Å²) in [5.74, 6) is 0. The lowest BCUT2D eigenvalue weighted by Crippen LogP contribution is -2.36. The van der Waals surface area contributed by atoms with Gasteiger partial charge in [-0.3, -0.25) is 0 Å². The van der Waals surface area contributed by atoms with Crippen LogP contribution in [0.1, 0.15) is 35.9 Å². The zero-order chi connectivity index (χ0) is 22.8. The number of anilines is 1. The summed E-state index contributed by atoms with van der Waals surface area (Å²) in [5, 5.41) is 12.7. The number of rotatable bonds is 6. The zero-order valence-corrected chi connectivity index (χ0v) is 19.6. The van der Waals surface area contributed by atoms with Crippen molar-refractivity contribution in [2.45, 2.75) is 37.5 Å².